The van der Waals surface area contributed by atoms with Crippen LogP contribution in [0.15, 0.2) is 0 Å². The van der Waals surface area contributed by atoms with Crippen LogP contribution in [0.2, 0.25) is 0 Å². The summed E-state index contributed by atoms with van der Waals surface area (Å²) in [7, 11) is 1.73. The number of nitrogens with one attached hydrogen (secondary N) is 1. The predicted molar refractivity (Wildman–Crippen MR) is 65.5 cm³/mol. The zero-order valence-electron chi connectivity index (χ0n) is 10.6. The number of methoxy groups -OCH3 is 1. The van der Waals surface area contributed by atoms with Crippen molar-refractivity contribution in [2.75, 3.05) is 33.5 Å². The van der Waals surface area contributed by atoms with Crippen LogP contribution in [0, 0.1) is 0 Å². The Morgan fingerprint density at radius 1 is 1.56 bits per heavy atom. The molecule has 3 N–H and O–H groups in total. The maximum Gasteiger partial charge on any atom is 0.0645 e. The van der Waals surface area contributed by atoms with Crippen LogP contribution in [-0.2, 0) is 9.47 Å². The summed E-state index contributed by atoms with van der Waals surface area (Å²) in [5, 5.41) is 3.53. The van der Waals surface area contributed by atoms with E-state index in [-0.39, 0.29) is 11.6 Å². The standard InChI is InChI=1S/C12H26N2O2/c1-12(6-4-8-16-10-12)14-9-11(13)5-3-7-15-2/h11,14H,3-10,13H2,1-2H3. The molecule has 1 aliphatic rings. The average Bonchev–Trinajstić information content (AvgIpc) is 2.28. The first-order valence-corrected chi connectivity index (χ1v) is 6.23. The van der Waals surface area contributed by atoms with Crippen LogP contribution in [0.5, 0.6) is 0 Å². The summed E-state index contributed by atoms with van der Waals surface area (Å²) in [6.07, 6.45) is 4.37. The molecule has 1 saturated heterocycles. The molecule has 0 amide bonds. The molecule has 0 aromatic rings. The third kappa shape index (κ3) is 5.25. The summed E-state index contributed by atoms with van der Waals surface area (Å²) in [5.74, 6) is 0. The van der Waals surface area contributed by atoms with E-state index in [0.29, 0.717) is 0 Å². The Morgan fingerprint density at radius 2 is 2.38 bits per heavy atom. The topological polar surface area (TPSA) is 56.5 Å². The number of hydrogen-bond donors (Lipinski definition) is 2. The lowest BCUT2D eigenvalue weighted by Crippen LogP contribution is -2.52. The predicted octanol–water partition coefficient (Wildman–Crippen LogP) is 0.899. The molecule has 0 saturated carbocycles. The lowest BCUT2D eigenvalue weighted by atomic mass is 9.94. The maximum atomic E-state index is 6.03. The van der Waals surface area contributed by atoms with Gasteiger partial charge in [0.05, 0.1) is 6.61 Å². The van der Waals surface area contributed by atoms with Gasteiger partial charge in [-0.2, -0.15) is 0 Å². The van der Waals surface area contributed by atoms with Gasteiger partial charge in [0.2, 0.25) is 0 Å². The Bertz CT molecular complexity index is 182. The molecule has 0 bridgehead atoms. The van der Waals surface area contributed by atoms with Crippen molar-refractivity contribution in [2.45, 2.75) is 44.2 Å². The van der Waals surface area contributed by atoms with Gasteiger partial charge in [0, 0.05) is 38.4 Å². The van der Waals surface area contributed by atoms with Crippen LogP contribution in [-0.4, -0.2) is 45.1 Å². The van der Waals surface area contributed by atoms with Crippen molar-refractivity contribution < 1.29 is 9.47 Å². The average molecular weight is 230 g/mol. The van der Waals surface area contributed by atoms with Gasteiger partial charge in [-0.3, -0.25) is 0 Å². The smallest absolute Gasteiger partial charge is 0.0645 e. The van der Waals surface area contributed by atoms with Gasteiger partial charge in [0.1, 0.15) is 0 Å². The molecule has 1 aliphatic heterocycles. The zero-order valence-corrected chi connectivity index (χ0v) is 10.6. The SMILES string of the molecule is COCCCC(N)CNC1(C)CCCOC1. The monoisotopic (exact) mass is 230 g/mol. The molecule has 4 heteroatoms. The van der Waals surface area contributed by atoms with Crippen molar-refractivity contribution in [1.29, 1.82) is 0 Å². The fourth-order valence-corrected chi connectivity index (χ4v) is 2.04. The second kappa shape index (κ2) is 7.22. The maximum absolute atomic E-state index is 6.03. The van der Waals surface area contributed by atoms with Gasteiger partial charge in [0.25, 0.3) is 0 Å². The Kier molecular flexibility index (Phi) is 6.28. The van der Waals surface area contributed by atoms with E-state index in [0.717, 1.165) is 45.6 Å². The number of ether oxygens (including phenoxy) is 2. The first-order valence-electron chi connectivity index (χ1n) is 6.23. The molecule has 2 unspecified atom stereocenters. The normalized spacial score (nSPS) is 27.9. The summed E-state index contributed by atoms with van der Waals surface area (Å²) in [4.78, 5) is 0. The molecular formula is C12H26N2O2. The van der Waals surface area contributed by atoms with E-state index in [4.69, 9.17) is 15.2 Å². The van der Waals surface area contributed by atoms with Crippen molar-refractivity contribution in [1.82, 2.24) is 5.32 Å². The third-order valence-electron chi connectivity index (χ3n) is 3.15. The number of hydrogen-bond acceptors (Lipinski definition) is 4. The zero-order chi connectivity index (χ0) is 11.9. The van der Waals surface area contributed by atoms with Gasteiger partial charge < -0.3 is 20.5 Å². The van der Waals surface area contributed by atoms with Crippen molar-refractivity contribution in [2.24, 2.45) is 5.73 Å². The lowest BCUT2D eigenvalue weighted by molar-refractivity contribution is 0.0279. The van der Waals surface area contributed by atoms with Crippen LogP contribution in [0.1, 0.15) is 32.6 Å². The van der Waals surface area contributed by atoms with Crippen LogP contribution in [0.4, 0.5) is 0 Å². The molecule has 2 atom stereocenters. The van der Waals surface area contributed by atoms with E-state index < -0.39 is 0 Å². The van der Waals surface area contributed by atoms with Crippen LogP contribution in [0.3, 0.4) is 0 Å². The van der Waals surface area contributed by atoms with E-state index in [9.17, 15) is 0 Å². The molecule has 1 heterocycles. The number of nitrogens with two attached hydrogens (primary N) is 1. The van der Waals surface area contributed by atoms with Crippen molar-refractivity contribution in [3.05, 3.63) is 0 Å². The highest BCUT2D eigenvalue weighted by Crippen LogP contribution is 2.18. The fraction of sp³-hybridized carbons (Fsp3) is 1.00. The molecule has 0 aromatic heterocycles. The summed E-state index contributed by atoms with van der Waals surface area (Å²) in [6, 6.07) is 0.217. The Hall–Kier alpha value is -0.160. The first kappa shape index (κ1) is 13.9. The molecule has 0 spiro atoms. The lowest BCUT2D eigenvalue weighted by Gasteiger charge is -2.35. The minimum absolute atomic E-state index is 0.122. The quantitative estimate of drug-likeness (QED) is 0.638. The molecule has 4 nitrogen and oxygen atoms in total. The van der Waals surface area contributed by atoms with Crippen molar-refractivity contribution in [3.8, 4) is 0 Å². The molecule has 0 aromatic carbocycles. The molecule has 16 heavy (non-hydrogen) atoms. The summed E-state index contributed by atoms with van der Waals surface area (Å²) < 4.78 is 10.5. The highest BCUT2D eigenvalue weighted by molar-refractivity contribution is 4.86. The van der Waals surface area contributed by atoms with Gasteiger partial charge in [-0.05, 0) is 32.6 Å². The van der Waals surface area contributed by atoms with Gasteiger partial charge in [-0.25, -0.2) is 0 Å². The van der Waals surface area contributed by atoms with Crippen molar-refractivity contribution in [3.63, 3.8) is 0 Å². The second-order valence-corrected chi connectivity index (χ2v) is 4.99. The Morgan fingerprint density at radius 3 is 3.00 bits per heavy atom. The second-order valence-electron chi connectivity index (χ2n) is 4.99. The van der Waals surface area contributed by atoms with Crippen LogP contribution in [0.25, 0.3) is 0 Å². The Labute approximate surface area is 98.9 Å². The van der Waals surface area contributed by atoms with Crippen LogP contribution < -0.4 is 11.1 Å². The summed E-state index contributed by atoms with van der Waals surface area (Å²) in [5.41, 5.74) is 6.15. The third-order valence-corrected chi connectivity index (χ3v) is 3.15. The van der Waals surface area contributed by atoms with Gasteiger partial charge in [-0.1, -0.05) is 0 Å². The van der Waals surface area contributed by atoms with E-state index in [1.165, 1.54) is 6.42 Å². The molecule has 0 radical (unpaired) electrons. The minimum atomic E-state index is 0.122. The van der Waals surface area contributed by atoms with E-state index in [1.54, 1.807) is 7.11 Å². The molecule has 0 aliphatic carbocycles. The van der Waals surface area contributed by atoms with Crippen LogP contribution >= 0.6 is 0 Å². The van der Waals surface area contributed by atoms with Gasteiger partial charge in [-0.15, -0.1) is 0 Å². The highest BCUT2D eigenvalue weighted by atomic mass is 16.5. The molecule has 1 fully saturated rings. The largest absolute Gasteiger partial charge is 0.385 e. The Balaban J connectivity index is 2.12. The summed E-state index contributed by atoms with van der Waals surface area (Å²) in [6.45, 7) is 5.58. The minimum Gasteiger partial charge on any atom is -0.385 e. The molecule has 1 rings (SSSR count). The molecule has 96 valence electrons. The van der Waals surface area contributed by atoms with Gasteiger partial charge in [0.15, 0.2) is 0 Å². The summed E-state index contributed by atoms with van der Waals surface area (Å²) >= 11 is 0. The van der Waals surface area contributed by atoms with Gasteiger partial charge >= 0.3 is 0 Å². The molecular weight excluding hydrogens is 204 g/mol. The van der Waals surface area contributed by atoms with E-state index in [2.05, 4.69) is 12.2 Å². The highest BCUT2D eigenvalue weighted by Gasteiger charge is 2.27. The van der Waals surface area contributed by atoms with Crippen molar-refractivity contribution >= 4 is 0 Å². The van der Waals surface area contributed by atoms with E-state index in [1.807, 2.05) is 0 Å². The first-order chi connectivity index (χ1) is 7.66. The fourth-order valence-electron chi connectivity index (χ4n) is 2.04. The number of rotatable bonds is 7. The van der Waals surface area contributed by atoms with E-state index >= 15 is 0 Å².